The van der Waals surface area contributed by atoms with Gasteiger partial charge in [0.25, 0.3) is 5.91 Å². The number of nitrogens with one attached hydrogen (secondary N) is 3. The number of carbonyl (C=O) groups excluding carboxylic acids is 1. The summed E-state index contributed by atoms with van der Waals surface area (Å²) in [5, 5.41) is 14.8. The third-order valence-electron chi connectivity index (χ3n) is 8.52. The molecule has 2 amide bonds. The maximum absolute atomic E-state index is 13.8. The number of aromatic amines is 1. The normalized spacial score (nSPS) is 16.2. The van der Waals surface area contributed by atoms with Crippen molar-refractivity contribution in [1.82, 2.24) is 15.6 Å². The Morgan fingerprint density at radius 1 is 1.00 bits per heavy atom. The van der Waals surface area contributed by atoms with Crippen LogP contribution in [-0.4, -0.2) is 61.0 Å². The maximum Gasteiger partial charge on any atom is 0.404 e. The zero-order valence-corrected chi connectivity index (χ0v) is 27.0. The van der Waals surface area contributed by atoms with Crippen molar-refractivity contribution >= 4 is 17.7 Å². The fourth-order valence-electron chi connectivity index (χ4n) is 6.19. The highest BCUT2D eigenvalue weighted by Crippen LogP contribution is 2.36. The molecular weight excluding hydrogens is 572 g/mol. The molecule has 1 aromatic heterocycles. The summed E-state index contributed by atoms with van der Waals surface area (Å²) in [5.74, 6) is 0.486. The number of hydrogen-bond acceptors (Lipinski definition) is 6. The van der Waals surface area contributed by atoms with E-state index < -0.39 is 6.09 Å². The van der Waals surface area contributed by atoms with E-state index in [0.717, 1.165) is 78.2 Å². The molecule has 242 valence electrons. The van der Waals surface area contributed by atoms with Gasteiger partial charge in [0.1, 0.15) is 12.4 Å². The second-order valence-corrected chi connectivity index (χ2v) is 11.8. The maximum atomic E-state index is 13.8. The van der Waals surface area contributed by atoms with Gasteiger partial charge in [-0.05, 0) is 93.8 Å². The predicted octanol–water partition coefficient (Wildman–Crippen LogP) is 5.72. The molecule has 10 nitrogen and oxygen atoms in total. The minimum atomic E-state index is -0.985. The van der Waals surface area contributed by atoms with E-state index in [0.29, 0.717) is 24.3 Å². The number of rotatable bonds is 13. The van der Waals surface area contributed by atoms with Crippen molar-refractivity contribution < 1.29 is 24.2 Å². The summed E-state index contributed by atoms with van der Waals surface area (Å²) in [6, 6.07) is 13.6. The minimum Gasteiger partial charge on any atom is -0.491 e. The van der Waals surface area contributed by atoms with Crippen LogP contribution < -0.4 is 25.7 Å². The van der Waals surface area contributed by atoms with Crippen molar-refractivity contribution in [3.63, 3.8) is 0 Å². The Labute approximate surface area is 265 Å². The Kier molecular flexibility index (Phi) is 11.6. The van der Waals surface area contributed by atoms with Crippen molar-refractivity contribution in [3.05, 3.63) is 80.8 Å². The van der Waals surface area contributed by atoms with Crippen LogP contribution in [0.15, 0.2) is 47.3 Å². The largest absolute Gasteiger partial charge is 0.491 e. The van der Waals surface area contributed by atoms with Crippen LogP contribution in [0.1, 0.15) is 71.9 Å². The van der Waals surface area contributed by atoms with Crippen molar-refractivity contribution in [2.24, 2.45) is 0 Å². The lowest BCUT2D eigenvalue weighted by atomic mass is 9.88. The first kappa shape index (κ1) is 33.6. The molecule has 2 aromatic carbocycles. The van der Waals surface area contributed by atoms with Crippen LogP contribution in [0, 0.1) is 20.8 Å². The van der Waals surface area contributed by atoms with Gasteiger partial charge in [-0.15, -0.1) is 0 Å². The van der Waals surface area contributed by atoms with Crippen LogP contribution in [-0.2, 0) is 11.3 Å². The van der Waals surface area contributed by atoms with Gasteiger partial charge < -0.3 is 35.1 Å². The highest BCUT2D eigenvalue weighted by Gasteiger charge is 2.29. The smallest absolute Gasteiger partial charge is 0.404 e. The standard InChI is InChI=1S/C35H46N4O6/c1-6-15-39(28-11-9-27(10-12-28)38-35(42)43)32-20-26(25-7-13-29(14-8-25)45-17-16-44-5)19-30(23(32)3)34(41)36-21-31-24(4)37-22(2)18-33(31)40/h7-8,13-14,18-20,27-28,38H,6,9-12,15-17,21H2,1-5H3,(H,36,41)(H,37,40)(H,42,43)/t27-,28-. The molecule has 0 saturated heterocycles. The molecule has 0 bridgehead atoms. The summed E-state index contributed by atoms with van der Waals surface area (Å²) in [7, 11) is 1.63. The number of carbonyl (C=O) groups is 2. The molecule has 0 atom stereocenters. The molecule has 0 unspecified atom stereocenters. The second kappa shape index (κ2) is 15.6. The molecule has 4 rings (SSSR count). The number of carboxylic acid groups (broad SMARTS) is 1. The monoisotopic (exact) mass is 618 g/mol. The van der Waals surface area contributed by atoms with Gasteiger partial charge in [0.15, 0.2) is 5.43 Å². The Morgan fingerprint density at radius 3 is 2.33 bits per heavy atom. The summed E-state index contributed by atoms with van der Waals surface area (Å²) in [5.41, 5.74) is 6.18. The number of anilines is 1. The van der Waals surface area contributed by atoms with Gasteiger partial charge in [0.05, 0.1) is 6.61 Å². The average Bonchev–Trinajstić information content (AvgIpc) is 3.00. The number of nitrogens with zero attached hydrogens (tertiary/aromatic N) is 1. The van der Waals surface area contributed by atoms with E-state index in [1.165, 1.54) is 0 Å². The SMILES string of the molecule is CCCN(c1cc(-c2ccc(OCCOC)cc2)cc(C(=O)NCc2c(C)[nH]c(C)cc2=O)c1C)[C@H]1CC[C@H](NC(=O)O)CC1. The summed E-state index contributed by atoms with van der Waals surface area (Å²) >= 11 is 0. The molecule has 10 heteroatoms. The first-order valence-corrected chi connectivity index (χ1v) is 15.7. The molecule has 1 aliphatic carbocycles. The molecule has 0 spiro atoms. The Morgan fingerprint density at radius 2 is 1.71 bits per heavy atom. The number of hydrogen-bond donors (Lipinski definition) is 4. The molecule has 45 heavy (non-hydrogen) atoms. The number of methoxy groups -OCH3 is 1. The summed E-state index contributed by atoms with van der Waals surface area (Å²) in [4.78, 5) is 43.3. The van der Waals surface area contributed by atoms with Gasteiger partial charge in [0.2, 0.25) is 0 Å². The van der Waals surface area contributed by atoms with Crippen molar-refractivity contribution in [3.8, 4) is 16.9 Å². The fourth-order valence-corrected chi connectivity index (χ4v) is 6.19. The first-order valence-electron chi connectivity index (χ1n) is 15.7. The first-order chi connectivity index (χ1) is 21.6. The van der Waals surface area contributed by atoms with Gasteiger partial charge in [-0.25, -0.2) is 4.79 Å². The van der Waals surface area contributed by atoms with Gasteiger partial charge in [-0.2, -0.15) is 0 Å². The van der Waals surface area contributed by atoms with Crippen LogP contribution in [0.5, 0.6) is 5.75 Å². The quantitative estimate of drug-likeness (QED) is 0.180. The van der Waals surface area contributed by atoms with E-state index in [4.69, 9.17) is 9.47 Å². The van der Waals surface area contributed by atoms with Crippen LogP contribution in [0.4, 0.5) is 10.5 Å². The molecule has 0 aliphatic heterocycles. The van der Waals surface area contributed by atoms with Crippen molar-refractivity contribution in [1.29, 1.82) is 0 Å². The summed E-state index contributed by atoms with van der Waals surface area (Å²) in [6.45, 7) is 9.66. The lowest BCUT2D eigenvalue weighted by Crippen LogP contribution is -2.44. The third kappa shape index (κ3) is 8.66. The fraction of sp³-hybridized carbons (Fsp3) is 0.457. The number of H-pyrrole nitrogens is 1. The zero-order chi connectivity index (χ0) is 32.5. The highest BCUT2D eigenvalue weighted by atomic mass is 16.5. The van der Waals surface area contributed by atoms with E-state index >= 15 is 0 Å². The lowest BCUT2D eigenvalue weighted by molar-refractivity contribution is 0.0950. The van der Waals surface area contributed by atoms with Crippen LogP contribution >= 0.6 is 0 Å². The number of amides is 2. The Bertz CT molecular complexity index is 1530. The van der Waals surface area contributed by atoms with Gasteiger partial charge in [-0.1, -0.05) is 19.1 Å². The van der Waals surface area contributed by atoms with Crippen LogP contribution in [0.25, 0.3) is 11.1 Å². The van der Waals surface area contributed by atoms with E-state index in [-0.39, 0.29) is 30.0 Å². The minimum absolute atomic E-state index is 0.0472. The Hall–Kier alpha value is -4.31. The van der Waals surface area contributed by atoms with E-state index in [1.807, 2.05) is 51.1 Å². The Balaban J connectivity index is 1.69. The number of ether oxygens (including phenoxy) is 2. The predicted molar refractivity (Wildman–Crippen MR) is 177 cm³/mol. The summed E-state index contributed by atoms with van der Waals surface area (Å²) in [6.07, 6.45) is 3.15. The molecule has 1 aliphatic rings. The lowest BCUT2D eigenvalue weighted by Gasteiger charge is -2.39. The molecule has 3 aromatic rings. The van der Waals surface area contributed by atoms with Crippen LogP contribution in [0.3, 0.4) is 0 Å². The van der Waals surface area contributed by atoms with Gasteiger partial charge >= 0.3 is 6.09 Å². The molecule has 4 N–H and O–H groups in total. The molecule has 1 saturated carbocycles. The van der Waals surface area contributed by atoms with E-state index in [2.05, 4.69) is 33.5 Å². The van der Waals surface area contributed by atoms with Crippen LogP contribution in [0.2, 0.25) is 0 Å². The number of aromatic nitrogens is 1. The van der Waals surface area contributed by atoms with Crippen molar-refractivity contribution in [2.45, 2.75) is 78.4 Å². The zero-order valence-electron chi connectivity index (χ0n) is 27.0. The van der Waals surface area contributed by atoms with E-state index in [1.54, 1.807) is 13.2 Å². The van der Waals surface area contributed by atoms with Gasteiger partial charge in [0, 0.05) is 66.6 Å². The number of pyridine rings is 1. The second-order valence-electron chi connectivity index (χ2n) is 11.8. The molecular formula is C35H46N4O6. The summed E-state index contributed by atoms with van der Waals surface area (Å²) < 4.78 is 10.8. The number of aryl methyl sites for hydroxylation is 2. The highest BCUT2D eigenvalue weighted by molar-refractivity contribution is 5.99. The molecule has 1 fully saturated rings. The number of benzene rings is 2. The third-order valence-corrected chi connectivity index (χ3v) is 8.52. The van der Waals surface area contributed by atoms with Gasteiger partial charge in [-0.3, -0.25) is 9.59 Å². The molecule has 1 heterocycles. The van der Waals surface area contributed by atoms with E-state index in [9.17, 15) is 19.5 Å². The topological polar surface area (TPSA) is 133 Å². The average molecular weight is 619 g/mol. The molecule has 0 radical (unpaired) electrons. The van der Waals surface area contributed by atoms with Crippen molar-refractivity contribution in [2.75, 3.05) is 31.8 Å².